The van der Waals surface area contributed by atoms with Gasteiger partial charge in [0.05, 0.1) is 12.1 Å². The summed E-state index contributed by atoms with van der Waals surface area (Å²) in [4.78, 5) is 21.5. The SMILES string of the molecule is CC(C)(N)C(=O)NC(CO)C(=O)O. The van der Waals surface area contributed by atoms with Crippen LogP contribution in [-0.4, -0.2) is 40.3 Å². The van der Waals surface area contributed by atoms with E-state index in [1.54, 1.807) is 0 Å². The summed E-state index contributed by atoms with van der Waals surface area (Å²) in [5, 5.41) is 19.1. The van der Waals surface area contributed by atoms with Gasteiger partial charge in [0.25, 0.3) is 0 Å². The Morgan fingerprint density at radius 1 is 1.54 bits per heavy atom. The zero-order valence-electron chi connectivity index (χ0n) is 7.57. The van der Waals surface area contributed by atoms with E-state index in [1.165, 1.54) is 13.8 Å². The molecule has 0 aromatic carbocycles. The molecule has 0 radical (unpaired) electrons. The number of rotatable bonds is 4. The second-order valence-electron chi connectivity index (χ2n) is 3.27. The summed E-state index contributed by atoms with van der Waals surface area (Å²) >= 11 is 0. The summed E-state index contributed by atoms with van der Waals surface area (Å²) in [6.45, 7) is 2.23. The number of aliphatic hydroxyl groups excluding tert-OH is 1. The Balaban J connectivity index is 4.26. The molecule has 1 unspecified atom stereocenters. The van der Waals surface area contributed by atoms with Crippen molar-refractivity contribution in [3.63, 3.8) is 0 Å². The number of amides is 1. The average molecular weight is 190 g/mol. The van der Waals surface area contributed by atoms with Gasteiger partial charge in [0, 0.05) is 0 Å². The number of hydrogen-bond acceptors (Lipinski definition) is 4. The first-order valence-corrected chi connectivity index (χ1v) is 3.72. The molecular formula is C7H14N2O4. The minimum atomic E-state index is -1.30. The molecule has 0 rings (SSSR count). The molecule has 0 aliphatic carbocycles. The summed E-state index contributed by atoms with van der Waals surface area (Å²) in [7, 11) is 0. The molecule has 0 heterocycles. The van der Waals surface area contributed by atoms with Gasteiger partial charge in [-0.15, -0.1) is 0 Å². The molecule has 0 bridgehead atoms. The number of carbonyl (C=O) groups is 2. The maximum atomic E-state index is 11.1. The van der Waals surface area contributed by atoms with Crippen LogP contribution < -0.4 is 11.1 Å². The molecule has 0 aliphatic rings. The molecule has 1 atom stereocenters. The number of nitrogens with one attached hydrogen (secondary N) is 1. The number of hydrogen-bond donors (Lipinski definition) is 4. The van der Waals surface area contributed by atoms with Gasteiger partial charge in [-0.2, -0.15) is 0 Å². The molecule has 6 nitrogen and oxygen atoms in total. The first kappa shape index (κ1) is 11.9. The Morgan fingerprint density at radius 2 is 2.00 bits per heavy atom. The van der Waals surface area contributed by atoms with Crippen LogP contribution in [-0.2, 0) is 9.59 Å². The number of aliphatic hydroxyl groups is 1. The van der Waals surface area contributed by atoms with Gasteiger partial charge in [0.1, 0.15) is 6.04 Å². The first-order chi connectivity index (χ1) is 5.79. The maximum Gasteiger partial charge on any atom is 0.328 e. The minimum Gasteiger partial charge on any atom is -0.480 e. The van der Waals surface area contributed by atoms with E-state index >= 15 is 0 Å². The fourth-order valence-corrected chi connectivity index (χ4v) is 0.530. The third kappa shape index (κ3) is 3.86. The van der Waals surface area contributed by atoms with Crippen molar-refractivity contribution in [3.05, 3.63) is 0 Å². The van der Waals surface area contributed by atoms with Crippen molar-refractivity contribution in [2.45, 2.75) is 25.4 Å². The van der Waals surface area contributed by atoms with E-state index in [-0.39, 0.29) is 0 Å². The fourth-order valence-electron chi connectivity index (χ4n) is 0.530. The van der Waals surface area contributed by atoms with E-state index < -0.39 is 30.1 Å². The van der Waals surface area contributed by atoms with Gasteiger partial charge in [0.15, 0.2) is 0 Å². The van der Waals surface area contributed by atoms with Crippen LogP contribution in [0.5, 0.6) is 0 Å². The molecule has 0 aromatic rings. The van der Waals surface area contributed by atoms with E-state index in [2.05, 4.69) is 5.32 Å². The highest BCUT2D eigenvalue weighted by Gasteiger charge is 2.27. The highest BCUT2D eigenvalue weighted by molar-refractivity contribution is 5.89. The molecule has 0 aromatic heterocycles. The highest BCUT2D eigenvalue weighted by atomic mass is 16.4. The van der Waals surface area contributed by atoms with Crippen molar-refractivity contribution in [2.75, 3.05) is 6.61 Å². The van der Waals surface area contributed by atoms with E-state index in [0.29, 0.717) is 0 Å². The van der Waals surface area contributed by atoms with E-state index in [9.17, 15) is 9.59 Å². The second kappa shape index (κ2) is 4.20. The second-order valence-corrected chi connectivity index (χ2v) is 3.27. The predicted molar refractivity (Wildman–Crippen MR) is 44.9 cm³/mol. The van der Waals surface area contributed by atoms with Crippen LogP contribution in [0.25, 0.3) is 0 Å². The van der Waals surface area contributed by atoms with Gasteiger partial charge in [0.2, 0.25) is 5.91 Å². The fraction of sp³-hybridized carbons (Fsp3) is 0.714. The van der Waals surface area contributed by atoms with E-state index in [4.69, 9.17) is 15.9 Å². The molecular weight excluding hydrogens is 176 g/mol. The van der Waals surface area contributed by atoms with Crippen LogP contribution in [0.15, 0.2) is 0 Å². The Morgan fingerprint density at radius 3 is 2.23 bits per heavy atom. The standard InChI is InChI=1S/C7H14N2O4/c1-7(2,8)6(13)9-4(3-10)5(11)12/h4,10H,3,8H2,1-2H3,(H,9,13)(H,11,12). The maximum absolute atomic E-state index is 11.1. The molecule has 0 saturated heterocycles. The van der Waals surface area contributed by atoms with Crippen LogP contribution >= 0.6 is 0 Å². The molecule has 5 N–H and O–H groups in total. The first-order valence-electron chi connectivity index (χ1n) is 3.72. The lowest BCUT2D eigenvalue weighted by atomic mass is 10.1. The molecule has 1 amide bonds. The minimum absolute atomic E-state index is 0.617. The van der Waals surface area contributed by atoms with Crippen LogP contribution in [0, 0.1) is 0 Å². The number of carboxylic acids is 1. The monoisotopic (exact) mass is 190 g/mol. The summed E-state index contributed by atoms with van der Waals surface area (Å²) in [6.07, 6.45) is 0. The predicted octanol–water partition coefficient (Wildman–Crippen LogP) is -1.71. The number of nitrogens with two attached hydrogens (primary N) is 1. The molecule has 0 spiro atoms. The van der Waals surface area contributed by atoms with Gasteiger partial charge in [-0.25, -0.2) is 4.79 Å². The van der Waals surface area contributed by atoms with Gasteiger partial charge in [-0.1, -0.05) is 0 Å². The quantitative estimate of drug-likeness (QED) is 0.421. The number of carboxylic acid groups (broad SMARTS) is 1. The van der Waals surface area contributed by atoms with Crippen LogP contribution in [0.3, 0.4) is 0 Å². The van der Waals surface area contributed by atoms with Gasteiger partial charge in [-0.3, -0.25) is 4.79 Å². The van der Waals surface area contributed by atoms with E-state index in [0.717, 1.165) is 0 Å². The Labute approximate surface area is 75.7 Å². The Kier molecular flexibility index (Phi) is 3.83. The zero-order chi connectivity index (χ0) is 10.6. The smallest absolute Gasteiger partial charge is 0.328 e. The van der Waals surface area contributed by atoms with Crippen LogP contribution in [0.4, 0.5) is 0 Å². The molecule has 0 aliphatic heterocycles. The summed E-state index contributed by atoms with van der Waals surface area (Å²) in [5.41, 5.74) is 4.25. The third-order valence-corrected chi connectivity index (χ3v) is 1.37. The summed E-state index contributed by atoms with van der Waals surface area (Å²) < 4.78 is 0. The Bertz CT molecular complexity index is 209. The third-order valence-electron chi connectivity index (χ3n) is 1.37. The van der Waals surface area contributed by atoms with Crippen molar-refractivity contribution in [2.24, 2.45) is 5.73 Å². The lowest BCUT2D eigenvalue weighted by molar-refractivity contribution is -0.143. The van der Waals surface area contributed by atoms with Crippen LogP contribution in [0.1, 0.15) is 13.8 Å². The lowest BCUT2D eigenvalue weighted by Crippen LogP contribution is -2.55. The summed E-state index contributed by atoms with van der Waals surface area (Å²) in [6, 6.07) is -1.30. The molecule has 13 heavy (non-hydrogen) atoms. The van der Waals surface area contributed by atoms with Gasteiger partial charge >= 0.3 is 5.97 Å². The molecule has 76 valence electrons. The summed E-state index contributed by atoms with van der Waals surface area (Å²) in [5.74, 6) is -1.91. The number of aliphatic carboxylic acids is 1. The molecule has 6 heteroatoms. The molecule has 0 saturated carbocycles. The van der Waals surface area contributed by atoms with Crippen LogP contribution in [0.2, 0.25) is 0 Å². The largest absolute Gasteiger partial charge is 0.480 e. The highest BCUT2D eigenvalue weighted by Crippen LogP contribution is 1.97. The number of carbonyl (C=O) groups excluding carboxylic acids is 1. The normalized spacial score (nSPS) is 13.5. The lowest BCUT2D eigenvalue weighted by Gasteiger charge is -2.20. The molecule has 0 fully saturated rings. The topological polar surface area (TPSA) is 113 Å². The van der Waals surface area contributed by atoms with Crippen molar-refractivity contribution < 1.29 is 19.8 Å². The van der Waals surface area contributed by atoms with Gasteiger partial charge < -0.3 is 21.3 Å². The van der Waals surface area contributed by atoms with Crippen molar-refractivity contribution in [1.82, 2.24) is 5.32 Å². The van der Waals surface area contributed by atoms with Gasteiger partial charge in [-0.05, 0) is 13.8 Å². The average Bonchev–Trinajstić information content (AvgIpc) is 1.96. The van der Waals surface area contributed by atoms with Crippen molar-refractivity contribution in [3.8, 4) is 0 Å². The Hall–Kier alpha value is -1.14. The van der Waals surface area contributed by atoms with Crippen molar-refractivity contribution in [1.29, 1.82) is 0 Å². The zero-order valence-corrected chi connectivity index (χ0v) is 7.57. The van der Waals surface area contributed by atoms with Crippen molar-refractivity contribution >= 4 is 11.9 Å². The van der Waals surface area contributed by atoms with E-state index in [1.807, 2.05) is 0 Å².